The van der Waals surface area contributed by atoms with Gasteiger partial charge in [0.2, 0.25) is 5.91 Å². The molecule has 0 unspecified atom stereocenters. The quantitative estimate of drug-likeness (QED) is 0.771. The molecule has 6 rings (SSSR count). The highest BCUT2D eigenvalue weighted by Crippen LogP contribution is 2.71. The fraction of sp³-hybridized carbons (Fsp3) is 0.542. The molecule has 6 atom stereocenters. The van der Waals surface area contributed by atoms with Crippen molar-refractivity contribution in [3.05, 3.63) is 42.0 Å². The molecule has 5 aliphatic rings. The van der Waals surface area contributed by atoms with Crippen LogP contribution in [0.3, 0.4) is 0 Å². The first kappa shape index (κ1) is 19.5. The standard InChI is InChI=1S/C24H27NO5/c1-22(8-7-19(27)25-16-5-3-4-14(10-16)21(28)29)18(26)6-9-24-12-15-11-17(20(22)24)30-23(15,2)13-24/h3-6,9-10,15,17,20H,7-8,11-13H2,1-2H3,(H,25,27)(H,28,29)/t15-,17-,20-,22+,23-,24-/m0/s1. The van der Waals surface area contributed by atoms with Crippen LogP contribution in [0.2, 0.25) is 0 Å². The molecule has 1 aromatic rings. The largest absolute Gasteiger partial charge is 0.478 e. The third-order valence-electron chi connectivity index (χ3n) is 8.18. The third kappa shape index (κ3) is 2.69. The number of carboxylic acids is 1. The number of carbonyl (C=O) groups is 3. The van der Waals surface area contributed by atoms with E-state index >= 15 is 0 Å². The van der Waals surface area contributed by atoms with Gasteiger partial charge < -0.3 is 15.2 Å². The Labute approximate surface area is 175 Å². The van der Waals surface area contributed by atoms with Crippen LogP contribution >= 0.6 is 0 Å². The van der Waals surface area contributed by atoms with E-state index in [1.807, 2.05) is 6.92 Å². The highest BCUT2D eigenvalue weighted by atomic mass is 16.5. The van der Waals surface area contributed by atoms with E-state index in [4.69, 9.17) is 9.84 Å². The van der Waals surface area contributed by atoms with Crippen LogP contribution in [0.15, 0.2) is 36.4 Å². The summed E-state index contributed by atoms with van der Waals surface area (Å²) in [5.74, 6) is -0.498. The number of benzene rings is 1. The van der Waals surface area contributed by atoms with Gasteiger partial charge >= 0.3 is 5.97 Å². The van der Waals surface area contributed by atoms with E-state index < -0.39 is 11.4 Å². The molecular formula is C24H27NO5. The van der Waals surface area contributed by atoms with E-state index in [0.717, 1.165) is 19.3 Å². The zero-order valence-electron chi connectivity index (χ0n) is 17.3. The average molecular weight is 409 g/mol. The Morgan fingerprint density at radius 1 is 1.30 bits per heavy atom. The van der Waals surface area contributed by atoms with Crippen molar-refractivity contribution in [2.75, 3.05) is 5.32 Å². The van der Waals surface area contributed by atoms with Crippen LogP contribution in [0.1, 0.15) is 56.3 Å². The maximum Gasteiger partial charge on any atom is 0.335 e. The molecule has 30 heavy (non-hydrogen) atoms. The lowest BCUT2D eigenvalue weighted by molar-refractivity contribution is -0.169. The number of carbonyl (C=O) groups excluding carboxylic acids is 2. The lowest BCUT2D eigenvalue weighted by Crippen LogP contribution is -2.56. The van der Waals surface area contributed by atoms with Gasteiger partial charge in [-0.2, -0.15) is 0 Å². The number of hydrogen-bond donors (Lipinski definition) is 2. The van der Waals surface area contributed by atoms with E-state index in [1.54, 1.807) is 18.2 Å². The van der Waals surface area contributed by atoms with Gasteiger partial charge in [0.15, 0.2) is 5.78 Å². The summed E-state index contributed by atoms with van der Waals surface area (Å²) in [4.78, 5) is 36.8. The lowest BCUT2D eigenvalue weighted by atomic mass is 9.51. The number of allylic oxidation sites excluding steroid dienone is 2. The summed E-state index contributed by atoms with van der Waals surface area (Å²) >= 11 is 0. The van der Waals surface area contributed by atoms with Gasteiger partial charge in [0, 0.05) is 23.4 Å². The number of aromatic carboxylic acids is 1. The molecule has 4 bridgehead atoms. The van der Waals surface area contributed by atoms with Crippen LogP contribution in [0, 0.1) is 22.7 Å². The van der Waals surface area contributed by atoms with Crippen molar-refractivity contribution in [3.8, 4) is 0 Å². The number of amides is 1. The minimum Gasteiger partial charge on any atom is -0.478 e. The highest BCUT2D eigenvalue weighted by Gasteiger charge is 2.71. The molecule has 2 N–H and O–H groups in total. The van der Waals surface area contributed by atoms with E-state index in [1.165, 1.54) is 12.1 Å². The second kappa shape index (κ2) is 6.27. The maximum atomic E-state index is 13.0. The van der Waals surface area contributed by atoms with Gasteiger partial charge in [0.25, 0.3) is 0 Å². The fourth-order valence-electron chi connectivity index (χ4n) is 6.97. The zero-order chi connectivity index (χ0) is 21.3. The molecule has 3 aliphatic carbocycles. The number of ether oxygens (including phenoxy) is 1. The fourth-order valence-corrected chi connectivity index (χ4v) is 6.97. The van der Waals surface area contributed by atoms with Crippen molar-refractivity contribution in [1.29, 1.82) is 0 Å². The minimum atomic E-state index is -1.04. The first-order valence-electron chi connectivity index (χ1n) is 10.7. The number of ketones is 1. The summed E-state index contributed by atoms with van der Waals surface area (Å²) < 4.78 is 6.44. The van der Waals surface area contributed by atoms with Crippen LogP contribution in [0.5, 0.6) is 0 Å². The predicted octanol–water partition coefficient (Wildman–Crippen LogP) is 3.82. The molecule has 6 nitrogen and oxygen atoms in total. The van der Waals surface area contributed by atoms with E-state index in [-0.39, 0.29) is 46.7 Å². The number of carboxylic acid groups (broad SMARTS) is 1. The Balaban J connectivity index is 1.33. The van der Waals surface area contributed by atoms with Gasteiger partial charge in [-0.05, 0) is 68.2 Å². The van der Waals surface area contributed by atoms with Crippen LogP contribution in [-0.4, -0.2) is 34.5 Å². The molecule has 2 heterocycles. The van der Waals surface area contributed by atoms with Crippen LogP contribution in [0.25, 0.3) is 0 Å². The Morgan fingerprint density at radius 2 is 2.10 bits per heavy atom. The van der Waals surface area contributed by atoms with E-state index in [9.17, 15) is 14.4 Å². The Morgan fingerprint density at radius 3 is 2.83 bits per heavy atom. The molecular weight excluding hydrogens is 382 g/mol. The van der Waals surface area contributed by atoms with Gasteiger partial charge in [0.1, 0.15) is 0 Å². The molecule has 2 saturated carbocycles. The molecule has 1 spiro atoms. The molecule has 1 aromatic carbocycles. The van der Waals surface area contributed by atoms with Crippen LogP contribution < -0.4 is 5.32 Å². The summed E-state index contributed by atoms with van der Waals surface area (Å²) in [5.41, 5.74) is -0.117. The third-order valence-corrected chi connectivity index (χ3v) is 8.18. The highest BCUT2D eigenvalue weighted by molar-refractivity contribution is 5.98. The summed E-state index contributed by atoms with van der Waals surface area (Å²) in [6.07, 6.45) is 7.66. The molecule has 158 valence electrons. The average Bonchev–Trinajstić information content (AvgIpc) is 3.05. The summed E-state index contributed by atoms with van der Waals surface area (Å²) in [6, 6.07) is 6.19. The predicted molar refractivity (Wildman–Crippen MR) is 110 cm³/mol. The number of nitrogens with one attached hydrogen (secondary N) is 1. The van der Waals surface area contributed by atoms with Crippen molar-refractivity contribution < 1.29 is 24.2 Å². The van der Waals surface area contributed by atoms with Crippen molar-refractivity contribution in [2.45, 2.75) is 57.7 Å². The van der Waals surface area contributed by atoms with Gasteiger partial charge in [-0.25, -0.2) is 4.79 Å². The number of rotatable bonds is 5. The Bertz CT molecular complexity index is 986. The van der Waals surface area contributed by atoms with Crippen LogP contribution in [0.4, 0.5) is 5.69 Å². The topological polar surface area (TPSA) is 92.7 Å². The molecule has 1 amide bonds. The van der Waals surface area contributed by atoms with Gasteiger partial charge in [-0.1, -0.05) is 19.1 Å². The summed E-state index contributed by atoms with van der Waals surface area (Å²) in [5, 5.41) is 11.9. The van der Waals surface area contributed by atoms with E-state index in [2.05, 4.69) is 18.3 Å². The Kier molecular flexibility index (Phi) is 4.07. The van der Waals surface area contributed by atoms with Crippen molar-refractivity contribution in [2.24, 2.45) is 22.7 Å². The summed E-state index contributed by atoms with van der Waals surface area (Å²) in [6.45, 7) is 4.21. The smallest absolute Gasteiger partial charge is 0.335 e. The number of anilines is 1. The summed E-state index contributed by atoms with van der Waals surface area (Å²) in [7, 11) is 0. The van der Waals surface area contributed by atoms with Crippen molar-refractivity contribution in [3.63, 3.8) is 0 Å². The van der Waals surface area contributed by atoms with Crippen molar-refractivity contribution in [1.82, 2.24) is 0 Å². The van der Waals surface area contributed by atoms with Crippen molar-refractivity contribution >= 4 is 23.3 Å². The SMILES string of the molecule is C[C@]12C[C@@]34C=CC(=O)[C@@](C)(CCC(=O)Nc5cccc(C(=O)O)c5)[C@@H]3[C@H](C[C@H]1C4)O2. The molecule has 4 fully saturated rings. The van der Waals surface area contributed by atoms with E-state index in [0.29, 0.717) is 18.0 Å². The second-order valence-corrected chi connectivity index (χ2v) is 10.0. The van der Waals surface area contributed by atoms with Gasteiger partial charge in [-0.3, -0.25) is 9.59 Å². The molecule has 2 saturated heterocycles. The first-order chi connectivity index (χ1) is 14.2. The molecule has 0 aromatic heterocycles. The normalized spacial score (nSPS) is 40.5. The number of hydrogen-bond acceptors (Lipinski definition) is 4. The van der Waals surface area contributed by atoms with Gasteiger partial charge in [-0.15, -0.1) is 0 Å². The second-order valence-electron chi connectivity index (χ2n) is 10.0. The maximum absolute atomic E-state index is 13.0. The minimum absolute atomic E-state index is 0.00946. The van der Waals surface area contributed by atoms with Crippen LogP contribution in [-0.2, 0) is 14.3 Å². The van der Waals surface area contributed by atoms with Gasteiger partial charge in [0.05, 0.1) is 17.3 Å². The molecule has 0 radical (unpaired) electrons. The monoisotopic (exact) mass is 409 g/mol. The molecule has 6 heteroatoms. The molecule has 2 aliphatic heterocycles. The first-order valence-corrected chi connectivity index (χ1v) is 10.7. The Hall–Kier alpha value is -2.47. The lowest BCUT2D eigenvalue weighted by Gasteiger charge is -2.55. The zero-order valence-corrected chi connectivity index (χ0v) is 17.3.